The summed E-state index contributed by atoms with van der Waals surface area (Å²) in [6.07, 6.45) is 0. The number of carbonyl (C=O) groups is 1. The van der Waals surface area contributed by atoms with Gasteiger partial charge in [-0.05, 0) is 47.4 Å². The van der Waals surface area contributed by atoms with Crippen molar-refractivity contribution < 1.29 is 13.9 Å². The smallest absolute Gasteiger partial charge is 0.323 e. The van der Waals surface area contributed by atoms with Gasteiger partial charge in [0, 0.05) is 17.5 Å². The van der Waals surface area contributed by atoms with Crippen LogP contribution in [0.2, 0.25) is 0 Å². The standard InChI is InChI=1S/C28H26N2O3/c1-19(2)27(28(31)32-18-20-8-4-3-5-9-20)30-17-21-12-13-25-23(14-21)15-26(33-25)24-11-7-6-10-22(24)16-29/h3-15,19,27,30H,17-18H2,1-2H3/t27-/m0/s1. The summed E-state index contributed by atoms with van der Waals surface area (Å²) in [6, 6.07) is 26.7. The third-order valence-corrected chi connectivity index (χ3v) is 5.56. The highest BCUT2D eigenvalue weighted by atomic mass is 16.5. The molecule has 166 valence electrons. The van der Waals surface area contributed by atoms with E-state index in [1.54, 1.807) is 6.07 Å². The molecular weight excluding hydrogens is 412 g/mol. The Morgan fingerprint density at radius 2 is 1.76 bits per heavy atom. The van der Waals surface area contributed by atoms with Crippen LogP contribution in [0.3, 0.4) is 0 Å². The van der Waals surface area contributed by atoms with Gasteiger partial charge >= 0.3 is 5.97 Å². The molecule has 1 N–H and O–H groups in total. The third kappa shape index (κ3) is 5.31. The Labute approximate surface area is 193 Å². The molecule has 0 aliphatic heterocycles. The average Bonchev–Trinajstić information content (AvgIpc) is 3.26. The number of furan rings is 1. The van der Waals surface area contributed by atoms with Gasteiger partial charge in [-0.25, -0.2) is 0 Å². The number of benzene rings is 3. The van der Waals surface area contributed by atoms with Crippen LogP contribution in [0.1, 0.15) is 30.5 Å². The molecule has 4 aromatic rings. The van der Waals surface area contributed by atoms with Crippen molar-refractivity contribution in [3.63, 3.8) is 0 Å². The Kier molecular flexibility index (Phi) is 6.87. The second-order valence-corrected chi connectivity index (χ2v) is 8.34. The van der Waals surface area contributed by atoms with Crippen molar-refractivity contribution >= 4 is 16.9 Å². The van der Waals surface area contributed by atoms with Gasteiger partial charge in [0.05, 0.1) is 11.6 Å². The summed E-state index contributed by atoms with van der Waals surface area (Å²) in [5.74, 6) is 0.491. The van der Waals surface area contributed by atoms with Crippen LogP contribution in [0.15, 0.2) is 83.3 Å². The van der Waals surface area contributed by atoms with Gasteiger partial charge in [0.2, 0.25) is 0 Å². The quantitative estimate of drug-likeness (QED) is 0.350. The average molecular weight is 439 g/mol. The van der Waals surface area contributed by atoms with Crippen LogP contribution in [-0.2, 0) is 22.7 Å². The number of nitrogens with zero attached hydrogens (tertiary/aromatic N) is 1. The number of hydrogen-bond donors (Lipinski definition) is 1. The molecule has 5 heteroatoms. The fourth-order valence-corrected chi connectivity index (χ4v) is 3.77. The molecule has 4 rings (SSSR count). The molecule has 0 spiro atoms. The maximum atomic E-state index is 12.7. The second kappa shape index (κ2) is 10.2. The third-order valence-electron chi connectivity index (χ3n) is 5.56. The van der Waals surface area contributed by atoms with Gasteiger partial charge in [0.15, 0.2) is 0 Å². The molecule has 33 heavy (non-hydrogen) atoms. The zero-order valence-electron chi connectivity index (χ0n) is 18.7. The predicted molar refractivity (Wildman–Crippen MR) is 128 cm³/mol. The van der Waals surface area contributed by atoms with E-state index in [2.05, 4.69) is 11.4 Å². The van der Waals surface area contributed by atoms with Gasteiger partial charge in [0.25, 0.3) is 0 Å². The molecule has 5 nitrogen and oxygen atoms in total. The van der Waals surface area contributed by atoms with E-state index in [1.165, 1.54) is 0 Å². The van der Waals surface area contributed by atoms with Crippen molar-refractivity contribution in [2.75, 3.05) is 0 Å². The fraction of sp³-hybridized carbons (Fsp3) is 0.214. The summed E-state index contributed by atoms with van der Waals surface area (Å²) >= 11 is 0. The number of nitriles is 1. The first-order valence-electron chi connectivity index (χ1n) is 11.0. The summed E-state index contributed by atoms with van der Waals surface area (Å²) in [5.41, 5.74) is 4.10. The minimum atomic E-state index is -0.410. The van der Waals surface area contributed by atoms with Crippen molar-refractivity contribution in [3.8, 4) is 17.4 Å². The molecule has 1 aromatic heterocycles. The summed E-state index contributed by atoms with van der Waals surface area (Å²) in [5, 5.41) is 13.7. The normalized spacial score (nSPS) is 11.9. The van der Waals surface area contributed by atoms with Crippen molar-refractivity contribution in [3.05, 3.63) is 95.6 Å². The molecule has 0 bridgehead atoms. The number of ether oxygens (including phenoxy) is 1. The van der Waals surface area contributed by atoms with Crippen molar-refractivity contribution in [1.29, 1.82) is 5.26 Å². The van der Waals surface area contributed by atoms with Crippen molar-refractivity contribution in [2.24, 2.45) is 5.92 Å². The van der Waals surface area contributed by atoms with Gasteiger partial charge in [0.1, 0.15) is 24.0 Å². The van der Waals surface area contributed by atoms with Crippen LogP contribution < -0.4 is 5.32 Å². The van der Waals surface area contributed by atoms with E-state index in [-0.39, 0.29) is 18.5 Å². The van der Waals surface area contributed by atoms with Crippen LogP contribution in [0, 0.1) is 17.2 Å². The molecule has 1 heterocycles. The Morgan fingerprint density at radius 3 is 2.52 bits per heavy atom. The van der Waals surface area contributed by atoms with E-state index < -0.39 is 6.04 Å². The number of nitrogens with one attached hydrogen (secondary N) is 1. The Bertz CT molecular complexity index is 1290. The second-order valence-electron chi connectivity index (χ2n) is 8.34. The SMILES string of the molecule is CC(C)[C@H](NCc1ccc2oc(-c3ccccc3C#N)cc2c1)C(=O)OCc1ccccc1. The van der Waals surface area contributed by atoms with E-state index in [4.69, 9.17) is 9.15 Å². The number of fused-ring (bicyclic) bond motifs is 1. The van der Waals surface area contributed by atoms with Gasteiger partial charge in [-0.1, -0.05) is 62.4 Å². The molecule has 0 aliphatic carbocycles. The molecule has 3 aromatic carbocycles. The van der Waals surface area contributed by atoms with Crippen LogP contribution in [0.4, 0.5) is 0 Å². The number of hydrogen-bond acceptors (Lipinski definition) is 5. The lowest BCUT2D eigenvalue weighted by Crippen LogP contribution is -2.41. The van der Waals surface area contributed by atoms with Gasteiger partial charge < -0.3 is 14.5 Å². The van der Waals surface area contributed by atoms with Crippen LogP contribution >= 0.6 is 0 Å². The topological polar surface area (TPSA) is 75.3 Å². The lowest BCUT2D eigenvalue weighted by Gasteiger charge is -2.21. The van der Waals surface area contributed by atoms with Gasteiger partial charge in [-0.2, -0.15) is 5.26 Å². The Morgan fingerprint density at radius 1 is 1.00 bits per heavy atom. The molecule has 0 fully saturated rings. The molecule has 0 unspecified atom stereocenters. The first-order valence-corrected chi connectivity index (χ1v) is 11.0. The summed E-state index contributed by atoms with van der Waals surface area (Å²) in [4.78, 5) is 12.7. The van der Waals surface area contributed by atoms with Crippen LogP contribution in [-0.4, -0.2) is 12.0 Å². The van der Waals surface area contributed by atoms with E-state index in [1.807, 2.05) is 86.6 Å². The van der Waals surface area contributed by atoms with Gasteiger partial charge in [-0.3, -0.25) is 4.79 Å². The fourth-order valence-electron chi connectivity index (χ4n) is 3.77. The lowest BCUT2D eigenvalue weighted by atomic mass is 10.0. The highest BCUT2D eigenvalue weighted by Gasteiger charge is 2.23. The van der Waals surface area contributed by atoms with Crippen LogP contribution in [0.25, 0.3) is 22.3 Å². The van der Waals surface area contributed by atoms with Gasteiger partial charge in [-0.15, -0.1) is 0 Å². The zero-order valence-corrected chi connectivity index (χ0v) is 18.7. The number of carbonyl (C=O) groups excluding carboxylic acids is 1. The largest absolute Gasteiger partial charge is 0.460 e. The minimum absolute atomic E-state index is 0.0833. The predicted octanol–water partition coefficient (Wildman–Crippen LogP) is 5.83. The highest BCUT2D eigenvalue weighted by Crippen LogP contribution is 2.30. The Balaban J connectivity index is 1.45. The molecule has 0 aliphatic rings. The lowest BCUT2D eigenvalue weighted by molar-refractivity contribution is -0.148. The molecule has 0 saturated carbocycles. The summed E-state index contributed by atoms with van der Waals surface area (Å²) < 4.78 is 11.5. The molecule has 0 radical (unpaired) electrons. The molecule has 1 atom stereocenters. The van der Waals surface area contributed by atoms with E-state index in [9.17, 15) is 10.1 Å². The summed E-state index contributed by atoms with van der Waals surface area (Å²) in [7, 11) is 0. The van der Waals surface area contributed by atoms with Crippen LogP contribution in [0.5, 0.6) is 0 Å². The van der Waals surface area contributed by atoms with Crippen molar-refractivity contribution in [1.82, 2.24) is 5.32 Å². The molecule has 0 saturated heterocycles. The van der Waals surface area contributed by atoms with E-state index in [0.717, 1.165) is 27.7 Å². The monoisotopic (exact) mass is 438 g/mol. The number of esters is 1. The first kappa shape index (κ1) is 22.3. The Hall–Kier alpha value is -3.88. The highest BCUT2D eigenvalue weighted by molar-refractivity contribution is 5.84. The maximum Gasteiger partial charge on any atom is 0.323 e. The summed E-state index contributed by atoms with van der Waals surface area (Å²) in [6.45, 7) is 4.78. The zero-order chi connectivity index (χ0) is 23.2. The number of rotatable bonds is 8. The first-order chi connectivity index (χ1) is 16.0. The maximum absolute atomic E-state index is 12.7. The van der Waals surface area contributed by atoms with E-state index in [0.29, 0.717) is 17.9 Å². The van der Waals surface area contributed by atoms with Crippen molar-refractivity contribution in [2.45, 2.75) is 33.0 Å². The van der Waals surface area contributed by atoms with E-state index >= 15 is 0 Å². The minimum Gasteiger partial charge on any atom is -0.460 e. The molecule has 0 amide bonds. The molecular formula is C28H26N2O3.